The van der Waals surface area contributed by atoms with Gasteiger partial charge in [0, 0.05) is 18.8 Å². The molecule has 0 radical (unpaired) electrons. The van der Waals surface area contributed by atoms with Crippen LogP contribution in [-0.2, 0) is 25.8 Å². The lowest BCUT2D eigenvalue weighted by atomic mass is 9.66. The molecule has 3 aliphatic heterocycles. The number of aromatic nitrogens is 3. The third-order valence-electron chi connectivity index (χ3n) is 9.82. The zero-order chi connectivity index (χ0) is 31.9. The topological polar surface area (TPSA) is 121 Å². The van der Waals surface area contributed by atoms with Gasteiger partial charge in [-0.2, -0.15) is 0 Å². The van der Waals surface area contributed by atoms with Gasteiger partial charge in [0.25, 0.3) is 0 Å². The molecule has 2 unspecified atom stereocenters. The van der Waals surface area contributed by atoms with Crippen molar-refractivity contribution < 1.29 is 24.2 Å². The van der Waals surface area contributed by atoms with Crippen LogP contribution in [0.3, 0.4) is 0 Å². The molecule has 3 fully saturated rings. The average Bonchev–Trinajstić information content (AvgIpc) is 3.76. The minimum absolute atomic E-state index is 0.0707. The lowest BCUT2D eigenvalue weighted by Crippen LogP contribution is -2.59. The number of ether oxygens (including phenoxy) is 1. The molecular weight excluding hydrogens is 572 g/mol. The number of aliphatic hydroxyl groups excluding tert-OH is 1. The number of hydrogen-bond donors (Lipinski definition) is 1. The average molecular weight is 613 g/mol. The van der Waals surface area contributed by atoms with Crippen LogP contribution < -0.4 is 4.90 Å². The van der Waals surface area contributed by atoms with Gasteiger partial charge in [-0.3, -0.25) is 14.4 Å². The summed E-state index contributed by atoms with van der Waals surface area (Å²) in [5.74, 6) is -2.66. The van der Waals surface area contributed by atoms with E-state index in [-0.39, 0.29) is 44.1 Å². The quantitative estimate of drug-likeness (QED) is 0.312. The maximum Gasteiger partial charge on any atom is 0.250 e. The van der Waals surface area contributed by atoms with E-state index in [2.05, 4.69) is 23.5 Å². The van der Waals surface area contributed by atoms with Gasteiger partial charge in [-0.1, -0.05) is 54.6 Å². The van der Waals surface area contributed by atoms with E-state index in [9.17, 15) is 19.5 Å². The molecule has 11 nitrogen and oxygen atoms in total. The Labute approximate surface area is 262 Å². The number of para-hydroxylation sites is 2. The molecular formula is C34H40N6O5. The second-order valence-electron chi connectivity index (χ2n) is 12.4. The highest BCUT2D eigenvalue weighted by Crippen LogP contribution is 2.64. The highest BCUT2D eigenvalue weighted by molar-refractivity contribution is 6.03. The molecule has 2 aromatic carbocycles. The minimum atomic E-state index is -1.24. The van der Waals surface area contributed by atoms with Crippen LogP contribution >= 0.6 is 0 Å². The number of likely N-dealkylation sites (tertiary alicyclic amines) is 1. The lowest BCUT2D eigenvalue weighted by molar-refractivity contribution is -0.155. The van der Waals surface area contributed by atoms with Crippen LogP contribution in [0.2, 0.25) is 0 Å². The van der Waals surface area contributed by atoms with Crippen molar-refractivity contribution in [2.45, 2.75) is 63.1 Å². The summed E-state index contributed by atoms with van der Waals surface area (Å²) in [4.78, 5) is 48.7. The molecule has 1 N–H and O–H groups in total. The second kappa shape index (κ2) is 11.9. The molecule has 1 spiro atoms. The van der Waals surface area contributed by atoms with Crippen molar-refractivity contribution in [3.63, 3.8) is 0 Å². The van der Waals surface area contributed by atoms with Gasteiger partial charge in [0.1, 0.15) is 23.8 Å². The molecule has 45 heavy (non-hydrogen) atoms. The predicted molar refractivity (Wildman–Crippen MR) is 169 cm³/mol. The second-order valence-corrected chi connectivity index (χ2v) is 12.4. The molecule has 1 aromatic heterocycles. The zero-order valence-electron chi connectivity index (χ0n) is 25.8. The Morgan fingerprint density at radius 1 is 1.09 bits per heavy atom. The SMILES string of the molecule is C=CCN(Cn1nnc2ccccc21)C(=O)C1N([C@@H](CC)CO)C(=O)[C@@H]2[C@H](C(=O)N(CC=C)c3ccccc3)[C@]3(C)CCC12O3. The Balaban J connectivity index is 1.42. The number of benzene rings is 2. The fraction of sp³-hybridized carbons (Fsp3) is 0.441. The molecule has 236 valence electrons. The fourth-order valence-corrected chi connectivity index (χ4v) is 7.78. The van der Waals surface area contributed by atoms with E-state index in [1.54, 1.807) is 26.6 Å². The monoisotopic (exact) mass is 612 g/mol. The van der Waals surface area contributed by atoms with Crippen LogP contribution in [0.25, 0.3) is 11.0 Å². The number of carbonyl (C=O) groups excluding carboxylic acids is 3. The summed E-state index contributed by atoms with van der Waals surface area (Å²) in [7, 11) is 0. The molecule has 4 heterocycles. The van der Waals surface area contributed by atoms with Crippen molar-refractivity contribution in [1.82, 2.24) is 24.8 Å². The van der Waals surface area contributed by atoms with Crippen molar-refractivity contribution in [2.24, 2.45) is 11.8 Å². The third-order valence-corrected chi connectivity index (χ3v) is 9.82. The first-order valence-corrected chi connectivity index (χ1v) is 15.5. The Hall–Kier alpha value is -4.35. The number of anilines is 1. The summed E-state index contributed by atoms with van der Waals surface area (Å²) >= 11 is 0. The first-order chi connectivity index (χ1) is 21.7. The van der Waals surface area contributed by atoms with Crippen LogP contribution in [0.4, 0.5) is 5.69 Å². The molecule has 2 bridgehead atoms. The van der Waals surface area contributed by atoms with E-state index in [0.717, 1.165) is 5.52 Å². The molecule has 3 saturated heterocycles. The van der Waals surface area contributed by atoms with E-state index in [0.29, 0.717) is 30.5 Å². The maximum absolute atomic E-state index is 14.8. The normalized spacial score (nSPS) is 27.4. The van der Waals surface area contributed by atoms with E-state index in [4.69, 9.17) is 4.74 Å². The van der Waals surface area contributed by atoms with Gasteiger partial charge in [-0.25, -0.2) is 4.68 Å². The van der Waals surface area contributed by atoms with E-state index >= 15 is 0 Å². The summed E-state index contributed by atoms with van der Waals surface area (Å²) in [6.45, 7) is 11.7. The number of nitrogens with zero attached hydrogens (tertiary/aromatic N) is 6. The number of aliphatic hydroxyl groups is 1. The van der Waals surface area contributed by atoms with Crippen molar-refractivity contribution >= 4 is 34.4 Å². The largest absolute Gasteiger partial charge is 0.394 e. The van der Waals surface area contributed by atoms with Crippen molar-refractivity contribution in [3.8, 4) is 0 Å². The van der Waals surface area contributed by atoms with Gasteiger partial charge in [0.2, 0.25) is 17.7 Å². The van der Waals surface area contributed by atoms with E-state index < -0.39 is 35.1 Å². The van der Waals surface area contributed by atoms with Gasteiger partial charge in [-0.15, -0.1) is 18.3 Å². The number of carbonyl (C=O) groups is 3. The summed E-state index contributed by atoms with van der Waals surface area (Å²) in [5, 5.41) is 19.0. The molecule has 3 amide bonds. The standard InChI is InChI=1S/C34H40N6O5/c1-5-19-37(22-39-26-16-12-11-15-25(26)35-36-39)32(44)29-34-18-17-33(4,45-34)27(28(34)31(43)40(29)23(7-3)21-41)30(42)38(20-6-2)24-13-9-8-10-14-24/h5-6,8-16,23,27-29,41H,1-2,7,17-22H2,3-4H3/t23-,27+,28-,29?,33-,34?/m0/s1. The van der Waals surface area contributed by atoms with E-state index in [1.807, 2.05) is 68.4 Å². The summed E-state index contributed by atoms with van der Waals surface area (Å²) in [6.07, 6.45) is 4.65. The predicted octanol–water partition coefficient (Wildman–Crippen LogP) is 3.16. The smallest absolute Gasteiger partial charge is 0.250 e. The zero-order valence-corrected chi connectivity index (χ0v) is 25.8. The number of rotatable bonds is 12. The molecule has 6 atom stereocenters. The molecule has 0 saturated carbocycles. The molecule has 6 rings (SSSR count). The highest BCUT2D eigenvalue weighted by Gasteiger charge is 2.78. The Bertz CT molecular complexity index is 1620. The van der Waals surface area contributed by atoms with Crippen molar-refractivity contribution in [2.75, 3.05) is 24.6 Å². The van der Waals surface area contributed by atoms with Crippen LogP contribution in [0.15, 0.2) is 79.9 Å². The van der Waals surface area contributed by atoms with Crippen molar-refractivity contribution in [3.05, 3.63) is 79.9 Å². The van der Waals surface area contributed by atoms with Crippen LogP contribution in [0, 0.1) is 11.8 Å². The van der Waals surface area contributed by atoms with Gasteiger partial charge < -0.3 is 24.5 Å². The van der Waals surface area contributed by atoms with Gasteiger partial charge in [-0.05, 0) is 50.5 Å². The minimum Gasteiger partial charge on any atom is -0.394 e. The summed E-state index contributed by atoms with van der Waals surface area (Å²) < 4.78 is 8.49. The van der Waals surface area contributed by atoms with E-state index in [1.165, 1.54) is 4.90 Å². The highest BCUT2D eigenvalue weighted by atomic mass is 16.5. The molecule has 3 aromatic rings. The van der Waals surface area contributed by atoms with Crippen LogP contribution in [0.5, 0.6) is 0 Å². The molecule has 11 heteroatoms. The van der Waals surface area contributed by atoms with Crippen molar-refractivity contribution in [1.29, 1.82) is 0 Å². The van der Waals surface area contributed by atoms with Crippen LogP contribution in [0.1, 0.15) is 33.1 Å². The number of amides is 3. The first-order valence-electron chi connectivity index (χ1n) is 15.5. The Morgan fingerprint density at radius 3 is 2.49 bits per heavy atom. The summed E-state index contributed by atoms with van der Waals surface area (Å²) in [6, 6.07) is 15.1. The van der Waals surface area contributed by atoms with Gasteiger partial charge >= 0.3 is 0 Å². The Kier molecular flexibility index (Phi) is 8.09. The third kappa shape index (κ3) is 4.76. The number of fused-ring (bicyclic) bond motifs is 2. The van der Waals surface area contributed by atoms with Gasteiger partial charge in [0.15, 0.2) is 0 Å². The molecule has 0 aliphatic carbocycles. The number of hydrogen-bond acceptors (Lipinski definition) is 7. The fourth-order valence-electron chi connectivity index (χ4n) is 7.78. The molecule has 3 aliphatic rings. The van der Waals surface area contributed by atoms with Gasteiger partial charge in [0.05, 0.1) is 35.6 Å². The maximum atomic E-state index is 14.8. The first kappa shape index (κ1) is 30.7. The Morgan fingerprint density at radius 2 is 1.80 bits per heavy atom. The van der Waals surface area contributed by atoms with Crippen LogP contribution in [-0.4, -0.2) is 90.6 Å². The lowest BCUT2D eigenvalue weighted by Gasteiger charge is -2.39. The summed E-state index contributed by atoms with van der Waals surface area (Å²) in [5.41, 5.74) is -0.0529.